The van der Waals surface area contributed by atoms with Crippen molar-refractivity contribution in [2.45, 2.75) is 19.8 Å². The monoisotopic (exact) mass is 301 g/mol. The molecule has 0 aromatic carbocycles. The molecule has 1 atom stereocenters. The van der Waals surface area contributed by atoms with Crippen molar-refractivity contribution < 1.29 is 24.2 Å². The lowest BCUT2D eigenvalue weighted by Gasteiger charge is -2.20. The summed E-state index contributed by atoms with van der Waals surface area (Å²) >= 11 is 0. The summed E-state index contributed by atoms with van der Waals surface area (Å²) in [7, 11) is 0. The van der Waals surface area contributed by atoms with E-state index in [1.54, 1.807) is 0 Å². The Bertz CT molecular complexity index is 369. The van der Waals surface area contributed by atoms with Crippen LogP contribution in [0.5, 0.6) is 0 Å². The number of aliphatic carboxylic acids is 1. The molecular weight excluding hydrogens is 278 g/mol. The Kier molecular flexibility index (Phi) is 7.70. The van der Waals surface area contributed by atoms with Crippen LogP contribution < -0.4 is 10.6 Å². The molecule has 1 heterocycles. The molecule has 3 amide bonds. The Balaban J connectivity index is 2.09. The number of rotatable bonds is 8. The summed E-state index contributed by atoms with van der Waals surface area (Å²) in [6.45, 7) is 4.63. The molecule has 3 N–H and O–H groups in total. The van der Waals surface area contributed by atoms with Crippen LogP contribution in [0.15, 0.2) is 0 Å². The number of nitrogens with zero attached hydrogens (tertiary/aromatic N) is 1. The van der Waals surface area contributed by atoms with Crippen LogP contribution >= 0.6 is 0 Å². The number of imide groups is 1. The number of carbonyl (C=O) groups is 3. The van der Waals surface area contributed by atoms with E-state index in [0.717, 1.165) is 19.6 Å². The van der Waals surface area contributed by atoms with E-state index in [2.05, 4.69) is 20.3 Å². The van der Waals surface area contributed by atoms with Crippen LogP contribution in [0.3, 0.4) is 0 Å². The van der Waals surface area contributed by atoms with Crippen LogP contribution in [0, 0.1) is 5.92 Å². The van der Waals surface area contributed by atoms with Gasteiger partial charge in [-0.15, -0.1) is 0 Å². The Labute approximate surface area is 123 Å². The molecule has 0 bridgehead atoms. The summed E-state index contributed by atoms with van der Waals surface area (Å²) in [5, 5.41) is 13.0. The molecule has 8 nitrogen and oxygen atoms in total. The van der Waals surface area contributed by atoms with Crippen molar-refractivity contribution >= 4 is 17.9 Å². The molecule has 1 unspecified atom stereocenters. The zero-order valence-electron chi connectivity index (χ0n) is 12.3. The zero-order chi connectivity index (χ0) is 15.7. The summed E-state index contributed by atoms with van der Waals surface area (Å²) < 4.78 is 4.57. The van der Waals surface area contributed by atoms with Gasteiger partial charge in [0.15, 0.2) is 0 Å². The molecular formula is C13H23N3O5. The van der Waals surface area contributed by atoms with Crippen molar-refractivity contribution in [3.05, 3.63) is 0 Å². The predicted octanol–water partition coefficient (Wildman–Crippen LogP) is -0.355. The van der Waals surface area contributed by atoms with Crippen molar-refractivity contribution in [1.29, 1.82) is 0 Å². The highest BCUT2D eigenvalue weighted by atomic mass is 16.5. The van der Waals surface area contributed by atoms with Crippen molar-refractivity contribution in [2.24, 2.45) is 5.92 Å². The maximum atomic E-state index is 11.5. The second-order valence-electron chi connectivity index (χ2n) is 5.26. The van der Waals surface area contributed by atoms with Crippen molar-refractivity contribution in [2.75, 3.05) is 39.4 Å². The van der Waals surface area contributed by atoms with Gasteiger partial charge in [-0.2, -0.15) is 0 Å². The fourth-order valence-electron chi connectivity index (χ4n) is 2.18. The van der Waals surface area contributed by atoms with Crippen LogP contribution in [0.1, 0.15) is 19.8 Å². The van der Waals surface area contributed by atoms with Gasteiger partial charge in [-0.25, -0.2) is 9.59 Å². The third-order valence-electron chi connectivity index (χ3n) is 3.09. The lowest BCUT2D eigenvalue weighted by molar-refractivity contribution is -0.143. The Morgan fingerprint density at radius 2 is 1.90 bits per heavy atom. The smallest absolute Gasteiger partial charge is 0.329 e. The molecule has 1 rings (SSSR count). The van der Waals surface area contributed by atoms with Gasteiger partial charge in [-0.1, -0.05) is 6.92 Å². The molecule has 0 radical (unpaired) electrons. The summed E-state index contributed by atoms with van der Waals surface area (Å²) in [4.78, 5) is 35.3. The fourth-order valence-corrected chi connectivity index (χ4v) is 2.18. The first kappa shape index (κ1) is 17.4. The van der Waals surface area contributed by atoms with Gasteiger partial charge in [0.25, 0.3) is 5.91 Å². The molecule has 1 fully saturated rings. The SMILES string of the molecule is CC(CNC(=O)NC(=O)COCC(=O)O)CN1CCCC1. The lowest BCUT2D eigenvalue weighted by atomic mass is 10.1. The average Bonchev–Trinajstić information content (AvgIpc) is 2.88. The van der Waals surface area contributed by atoms with E-state index >= 15 is 0 Å². The highest BCUT2D eigenvalue weighted by Crippen LogP contribution is 2.09. The molecule has 21 heavy (non-hydrogen) atoms. The minimum Gasteiger partial charge on any atom is -0.480 e. The molecule has 8 heteroatoms. The van der Waals surface area contributed by atoms with Crippen LogP contribution in [0.4, 0.5) is 4.79 Å². The summed E-state index contributed by atoms with van der Waals surface area (Å²) in [5.74, 6) is -1.53. The van der Waals surface area contributed by atoms with E-state index in [1.165, 1.54) is 12.8 Å². The standard InChI is InChI=1S/C13H23N3O5/c1-10(7-16-4-2-3-5-16)6-14-13(20)15-11(17)8-21-9-12(18)19/h10H,2-9H2,1H3,(H,18,19)(H2,14,15,17,20). The zero-order valence-corrected chi connectivity index (χ0v) is 12.3. The van der Waals surface area contributed by atoms with Crippen LogP contribution in [-0.4, -0.2) is 67.3 Å². The van der Waals surface area contributed by atoms with E-state index in [0.29, 0.717) is 12.5 Å². The molecule has 0 aromatic heterocycles. The first-order valence-electron chi connectivity index (χ1n) is 7.07. The number of hydrogen-bond donors (Lipinski definition) is 3. The van der Waals surface area contributed by atoms with Gasteiger partial charge in [-0.3, -0.25) is 10.1 Å². The van der Waals surface area contributed by atoms with Crippen LogP contribution in [0.2, 0.25) is 0 Å². The quantitative estimate of drug-likeness (QED) is 0.565. The Morgan fingerprint density at radius 3 is 2.52 bits per heavy atom. The first-order valence-corrected chi connectivity index (χ1v) is 7.07. The maximum Gasteiger partial charge on any atom is 0.329 e. The van der Waals surface area contributed by atoms with Crippen molar-refractivity contribution in [3.8, 4) is 0 Å². The van der Waals surface area contributed by atoms with Crippen LogP contribution in [0.25, 0.3) is 0 Å². The second-order valence-corrected chi connectivity index (χ2v) is 5.26. The summed E-state index contributed by atoms with van der Waals surface area (Å²) in [6, 6.07) is -0.591. The average molecular weight is 301 g/mol. The van der Waals surface area contributed by atoms with Crippen molar-refractivity contribution in [3.63, 3.8) is 0 Å². The number of ether oxygens (including phenoxy) is 1. The van der Waals surface area contributed by atoms with Crippen molar-refractivity contribution in [1.82, 2.24) is 15.5 Å². The molecule has 1 saturated heterocycles. The number of carbonyl (C=O) groups excluding carboxylic acids is 2. The lowest BCUT2D eigenvalue weighted by Crippen LogP contribution is -2.43. The molecule has 1 aliphatic heterocycles. The van der Waals surface area contributed by atoms with E-state index in [1.807, 2.05) is 6.92 Å². The largest absolute Gasteiger partial charge is 0.480 e. The molecule has 0 aliphatic carbocycles. The van der Waals surface area contributed by atoms with E-state index < -0.39 is 31.1 Å². The molecule has 0 spiro atoms. The highest BCUT2D eigenvalue weighted by molar-refractivity contribution is 5.94. The molecule has 0 aromatic rings. The second kappa shape index (κ2) is 9.30. The number of likely N-dealkylation sites (tertiary alicyclic amines) is 1. The normalized spacial score (nSPS) is 16.4. The first-order chi connectivity index (χ1) is 9.97. The maximum absolute atomic E-state index is 11.5. The number of amides is 3. The topological polar surface area (TPSA) is 108 Å². The van der Waals surface area contributed by atoms with Gasteiger partial charge in [0.1, 0.15) is 13.2 Å². The van der Waals surface area contributed by atoms with E-state index in [4.69, 9.17) is 5.11 Å². The van der Waals surface area contributed by atoms with E-state index in [9.17, 15) is 14.4 Å². The third kappa shape index (κ3) is 8.26. The molecule has 120 valence electrons. The van der Waals surface area contributed by atoms with Gasteiger partial charge in [-0.05, 0) is 31.8 Å². The molecule has 0 saturated carbocycles. The molecule has 1 aliphatic rings. The summed E-state index contributed by atoms with van der Waals surface area (Å²) in [6.07, 6.45) is 2.46. The number of hydrogen-bond acceptors (Lipinski definition) is 5. The summed E-state index contributed by atoms with van der Waals surface area (Å²) in [5.41, 5.74) is 0. The highest BCUT2D eigenvalue weighted by Gasteiger charge is 2.15. The van der Waals surface area contributed by atoms with Gasteiger partial charge >= 0.3 is 12.0 Å². The minimum atomic E-state index is -1.16. The van der Waals surface area contributed by atoms with Gasteiger partial charge in [0, 0.05) is 13.1 Å². The number of nitrogens with one attached hydrogen (secondary N) is 2. The number of urea groups is 1. The van der Waals surface area contributed by atoms with Crippen LogP contribution in [-0.2, 0) is 14.3 Å². The Morgan fingerprint density at radius 1 is 1.24 bits per heavy atom. The minimum absolute atomic E-state index is 0.298. The van der Waals surface area contributed by atoms with Gasteiger partial charge < -0.3 is 20.1 Å². The fraction of sp³-hybridized carbons (Fsp3) is 0.769. The van der Waals surface area contributed by atoms with E-state index in [-0.39, 0.29) is 0 Å². The Hall–Kier alpha value is -1.67. The number of carboxylic acid groups (broad SMARTS) is 1. The third-order valence-corrected chi connectivity index (χ3v) is 3.09. The van der Waals surface area contributed by atoms with Gasteiger partial charge in [0.2, 0.25) is 0 Å². The predicted molar refractivity (Wildman–Crippen MR) is 74.8 cm³/mol. The van der Waals surface area contributed by atoms with Gasteiger partial charge in [0.05, 0.1) is 0 Å². The number of carboxylic acids is 1.